The molecule has 8 nitrogen and oxygen atoms in total. The number of nitrogens with one attached hydrogen (secondary N) is 2. The van der Waals surface area contributed by atoms with Gasteiger partial charge in [0, 0.05) is 12.1 Å². The van der Waals surface area contributed by atoms with E-state index >= 15 is 0 Å². The number of nitro benzene ring substituents is 1. The third-order valence-electron chi connectivity index (χ3n) is 3.47. The summed E-state index contributed by atoms with van der Waals surface area (Å²) in [6.45, 7) is 0. The molecular weight excluding hydrogens is 400 g/mol. The first kappa shape index (κ1) is 19.5. The van der Waals surface area contributed by atoms with E-state index in [4.69, 9.17) is 0 Å². The van der Waals surface area contributed by atoms with E-state index in [-0.39, 0.29) is 11.4 Å². The Labute approximate surface area is 167 Å². The minimum Gasteiger partial charge on any atom is -0.272 e. The number of para-hydroxylation sites is 2. The van der Waals surface area contributed by atoms with Crippen LogP contribution < -0.4 is 10.9 Å². The van der Waals surface area contributed by atoms with Crippen molar-refractivity contribution in [3.63, 3.8) is 0 Å². The molecule has 2 amide bonds. The van der Waals surface area contributed by atoms with Crippen LogP contribution in [0.1, 0.15) is 5.56 Å². The fourth-order valence-corrected chi connectivity index (χ4v) is 4.08. The molecule has 1 heterocycles. The van der Waals surface area contributed by atoms with Crippen LogP contribution in [0, 0.1) is 10.1 Å². The maximum atomic E-state index is 11.9. The predicted octanol–water partition coefficient (Wildman–Crippen LogP) is 3.16. The number of hydrazine groups is 1. The minimum atomic E-state index is -0.600. The van der Waals surface area contributed by atoms with Gasteiger partial charge < -0.3 is 0 Å². The van der Waals surface area contributed by atoms with Crippen LogP contribution >= 0.6 is 23.1 Å². The smallest absolute Gasteiger partial charge is 0.272 e. The van der Waals surface area contributed by atoms with Crippen LogP contribution in [0.15, 0.2) is 58.9 Å². The molecule has 0 spiro atoms. The van der Waals surface area contributed by atoms with Gasteiger partial charge in [-0.05, 0) is 24.3 Å². The van der Waals surface area contributed by atoms with Crippen LogP contribution in [0.25, 0.3) is 16.3 Å². The Morgan fingerprint density at radius 2 is 1.89 bits per heavy atom. The Morgan fingerprint density at radius 3 is 2.68 bits per heavy atom. The molecule has 10 heteroatoms. The molecule has 0 aliphatic rings. The molecular formula is C18H14N4O4S2. The van der Waals surface area contributed by atoms with E-state index in [1.807, 2.05) is 24.3 Å². The van der Waals surface area contributed by atoms with Crippen molar-refractivity contribution in [3.8, 4) is 0 Å². The lowest BCUT2D eigenvalue weighted by Gasteiger charge is -2.04. The first-order valence-corrected chi connectivity index (χ1v) is 9.82. The van der Waals surface area contributed by atoms with Gasteiger partial charge in [0.1, 0.15) is 0 Å². The molecule has 2 N–H and O–H groups in total. The average molecular weight is 414 g/mol. The van der Waals surface area contributed by atoms with Gasteiger partial charge >= 0.3 is 0 Å². The number of nitro groups is 1. The van der Waals surface area contributed by atoms with E-state index in [0.29, 0.717) is 5.56 Å². The zero-order valence-corrected chi connectivity index (χ0v) is 16.0. The maximum Gasteiger partial charge on any atom is 0.276 e. The zero-order valence-electron chi connectivity index (χ0n) is 14.3. The molecule has 0 aliphatic heterocycles. The van der Waals surface area contributed by atoms with Crippen LogP contribution in [-0.4, -0.2) is 27.5 Å². The Bertz CT molecular complexity index is 1030. The summed E-state index contributed by atoms with van der Waals surface area (Å²) < 4.78 is 1.80. The van der Waals surface area contributed by atoms with E-state index in [1.165, 1.54) is 41.3 Å². The topological polar surface area (TPSA) is 114 Å². The molecule has 0 saturated carbocycles. The molecule has 0 atom stereocenters. The number of carbonyl (C=O) groups excluding carboxylic acids is 2. The summed E-state index contributed by atoms with van der Waals surface area (Å²) in [6.07, 6.45) is 2.43. The summed E-state index contributed by atoms with van der Waals surface area (Å²) in [5, 5.41) is 10.9. The Balaban J connectivity index is 1.47. The normalized spacial score (nSPS) is 10.9. The van der Waals surface area contributed by atoms with Gasteiger partial charge in [-0.15, -0.1) is 11.3 Å². The summed E-state index contributed by atoms with van der Waals surface area (Å²) in [4.78, 5) is 38.5. The molecule has 1 aromatic heterocycles. The SMILES string of the molecule is O=C(/C=C/c1ccccc1[N+](=O)[O-])NNC(=O)CSc1nc2ccccc2s1. The highest BCUT2D eigenvalue weighted by molar-refractivity contribution is 8.01. The number of fused-ring (bicyclic) bond motifs is 1. The predicted molar refractivity (Wildman–Crippen MR) is 109 cm³/mol. The molecule has 0 radical (unpaired) electrons. The number of amides is 2. The number of thiazole rings is 1. The second-order valence-corrected chi connectivity index (χ2v) is 7.68. The monoisotopic (exact) mass is 414 g/mol. The number of hydrogen-bond acceptors (Lipinski definition) is 7. The fourth-order valence-electron chi connectivity index (χ4n) is 2.21. The zero-order chi connectivity index (χ0) is 19.9. The molecule has 0 aliphatic carbocycles. The van der Waals surface area contributed by atoms with Gasteiger partial charge in [-0.3, -0.25) is 30.6 Å². The van der Waals surface area contributed by atoms with Crippen molar-refractivity contribution < 1.29 is 14.5 Å². The van der Waals surface area contributed by atoms with Crippen molar-refractivity contribution in [2.75, 3.05) is 5.75 Å². The fraction of sp³-hybridized carbons (Fsp3) is 0.0556. The van der Waals surface area contributed by atoms with Gasteiger partial charge in [0.2, 0.25) is 5.91 Å². The van der Waals surface area contributed by atoms with Crippen molar-refractivity contribution in [3.05, 3.63) is 70.3 Å². The number of benzene rings is 2. The van der Waals surface area contributed by atoms with Crippen molar-refractivity contribution in [2.45, 2.75) is 4.34 Å². The minimum absolute atomic E-state index is 0.0912. The molecule has 0 fully saturated rings. The van der Waals surface area contributed by atoms with Gasteiger partial charge in [0.25, 0.3) is 11.6 Å². The van der Waals surface area contributed by atoms with Crippen molar-refractivity contribution >= 4 is 56.9 Å². The van der Waals surface area contributed by atoms with E-state index in [9.17, 15) is 19.7 Å². The van der Waals surface area contributed by atoms with Gasteiger partial charge in [0.15, 0.2) is 4.34 Å². The molecule has 0 unspecified atom stereocenters. The number of thioether (sulfide) groups is 1. The van der Waals surface area contributed by atoms with Crippen LogP contribution in [0.3, 0.4) is 0 Å². The maximum absolute atomic E-state index is 11.9. The summed E-state index contributed by atoms with van der Waals surface area (Å²) >= 11 is 2.76. The average Bonchev–Trinajstić information content (AvgIpc) is 3.12. The highest BCUT2D eigenvalue weighted by Crippen LogP contribution is 2.28. The molecule has 0 bridgehead atoms. The first-order valence-electron chi connectivity index (χ1n) is 8.01. The van der Waals surface area contributed by atoms with Crippen molar-refractivity contribution in [2.24, 2.45) is 0 Å². The van der Waals surface area contributed by atoms with Crippen molar-refractivity contribution in [1.29, 1.82) is 0 Å². The number of nitrogens with zero attached hydrogens (tertiary/aromatic N) is 2. The quantitative estimate of drug-likeness (QED) is 0.277. The summed E-state index contributed by atoms with van der Waals surface area (Å²) in [5.41, 5.74) is 5.59. The van der Waals surface area contributed by atoms with Crippen LogP contribution in [0.2, 0.25) is 0 Å². The molecule has 3 rings (SSSR count). The lowest BCUT2D eigenvalue weighted by atomic mass is 10.1. The van der Waals surface area contributed by atoms with Gasteiger partial charge in [-0.25, -0.2) is 4.98 Å². The first-order chi connectivity index (χ1) is 13.5. The van der Waals surface area contributed by atoms with Crippen molar-refractivity contribution in [1.82, 2.24) is 15.8 Å². The van der Waals surface area contributed by atoms with E-state index in [0.717, 1.165) is 20.6 Å². The highest BCUT2D eigenvalue weighted by atomic mass is 32.2. The number of carbonyl (C=O) groups is 2. The van der Waals surface area contributed by atoms with Gasteiger partial charge in [-0.2, -0.15) is 0 Å². The Kier molecular flexibility index (Phi) is 6.35. The standard InChI is InChI=1S/C18H14N4O4S2/c23-16(10-9-12-5-1-3-7-14(12)22(25)26)20-21-17(24)11-27-18-19-13-6-2-4-8-15(13)28-18/h1-10H,11H2,(H,20,23)(H,21,24)/b10-9+. The third-order valence-corrected chi connectivity index (χ3v) is 5.65. The number of aromatic nitrogens is 1. The van der Waals surface area contributed by atoms with E-state index < -0.39 is 16.7 Å². The largest absolute Gasteiger partial charge is 0.276 e. The van der Waals surface area contributed by atoms with Crippen LogP contribution in [0.5, 0.6) is 0 Å². The van der Waals surface area contributed by atoms with E-state index in [1.54, 1.807) is 12.1 Å². The Morgan fingerprint density at radius 1 is 1.14 bits per heavy atom. The molecule has 0 saturated heterocycles. The van der Waals surface area contributed by atoms with Crippen LogP contribution in [-0.2, 0) is 9.59 Å². The lowest BCUT2D eigenvalue weighted by molar-refractivity contribution is -0.385. The molecule has 3 aromatic rings. The molecule has 28 heavy (non-hydrogen) atoms. The second-order valence-electron chi connectivity index (χ2n) is 5.42. The third kappa shape index (κ3) is 5.15. The lowest BCUT2D eigenvalue weighted by Crippen LogP contribution is -2.41. The summed E-state index contributed by atoms with van der Waals surface area (Å²) in [5.74, 6) is -0.901. The van der Waals surface area contributed by atoms with Crippen LogP contribution in [0.4, 0.5) is 5.69 Å². The summed E-state index contributed by atoms with van der Waals surface area (Å²) in [6, 6.07) is 13.7. The highest BCUT2D eigenvalue weighted by Gasteiger charge is 2.10. The number of rotatable bonds is 6. The molecule has 2 aromatic carbocycles. The Hall–Kier alpha value is -3.24. The number of hydrogen-bond donors (Lipinski definition) is 2. The second kappa shape index (κ2) is 9.11. The summed E-state index contributed by atoms with van der Waals surface area (Å²) in [7, 11) is 0. The van der Waals surface area contributed by atoms with Gasteiger partial charge in [-0.1, -0.05) is 36.0 Å². The van der Waals surface area contributed by atoms with E-state index in [2.05, 4.69) is 15.8 Å². The van der Waals surface area contributed by atoms with Gasteiger partial charge in [0.05, 0.1) is 26.5 Å². The molecule has 142 valence electrons.